The van der Waals surface area contributed by atoms with Gasteiger partial charge in [0.05, 0.1) is 21.3 Å². The van der Waals surface area contributed by atoms with Gasteiger partial charge < -0.3 is 10.6 Å². The summed E-state index contributed by atoms with van der Waals surface area (Å²) in [5.41, 5.74) is 0.902. The molecule has 0 saturated carbocycles. The minimum atomic E-state index is -0.148. The first-order valence-electron chi connectivity index (χ1n) is 5.78. The van der Waals surface area contributed by atoms with Crippen molar-refractivity contribution in [2.75, 3.05) is 13.1 Å². The van der Waals surface area contributed by atoms with Crippen molar-refractivity contribution in [1.82, 2.24) is 15.6 Å². The molecule has 0 aliphatic carbocycles. The third-order valence-electron chi connectivity index (χ3n) is 2.95. The van der Waals surface area contributed by atoms with Gasteiger partial charge in [-0.15, -0.1) is 23.7 Å². The van der Waals surface area contributed by atoms with Crippen LogP contribution in [0.25, 0.3) is 10.2 Å². The standard InChI is InChI=1S/C12H12ClN3OS.ClH/c13-8-1-2-14-9-5-7(18-11(8)9)6-10-12(17)16-4-3-15-10;/h1-2,5,10,15H,3-4,6H2,(H,16,17);1H. The molecule has 1 saturated heterocycles. The summed E-state index contributed by atoms with van der Waals surface area (Å²) >= 11 is 7.72. The molecule has 1 unspecified atom stereocenters. The number of fused-ring (bicyclic) bond motifs is 1. The highest BCUT2D eigenvalue weighted by Crippen LogP contribution is 2.30. The molecule has 0 radical (unpaired) electrons. The Morgan fingerprint density at radius 3 is 3.05 bits per heavy atom. The highest BCUT2D eigenvalue weighted by Gasteiger charge is 2.22. The van der Waals surface area contributed by atoms with E-state index >= 15 is 0 Å². The summed E-state index contributed by atoms with van der Waals surface area (Å²) in [6, 6.07) is 3.65. The summed E-state index contributed by atoms with van der Waals surface area (Å²) in [7, 11) is 0. The van der Waals surface area contributed by atoms with E-state index in [1.54, 1.807) is 23.6 Å². The Balaban J connectivity index is 0.00000133. The smallest absolute Gasteiger partial charge is 0.237 e. The molecule has 1 aliphatic rings. The summed E-state index contributed by atoms with van der Waals surface area (Å²) in [6.45, 7) is 1.52. The number of carbonyl (C=O) groups is 1. The van der Waals surface area contributed by atoms with Crippen LogP contribution in [0.5, 0.6) is 0 Å². The molecule has 1 fully saturated rings. The Labute approximate surface area is 126 Å². The molecule has 0 spiro atoms. The normalized spacial score (nSPS) is 19.0. The number of hydrogen-bond acceptors (Lipinski definition) is 4. The topological polar surface area (TPSA) is 54.0 Å². The van der Waals surface area contributed by atoms with Gasteiger partial charge in [0.2, 0.25) is 5.91 Å². The number of rotatable bonds is 2. The number of nitrogens with one attached hydrogen (secondary N) is 2. The molecule has 2 aromatic rings. The van der Waals surface area contributed by atoms with Gasteiger partial charge in [0, 0.05) is 30.6 Å². The van der Waals surface area contributed by atoms with E-state index in [0.717, 1.165) is 26.7 Å². The first-order valence-corrected chi connectivity index (χ1v) is 6.97. The van der Waals surface area contributed by atoms with Crippen LogP contribution in [0.3, 0.4) is 0 Å². The van der Waals surface area contributed by atoms with Gasteiger partial charge in [0.25, 0.3) is 0 Å². The molecule has 4 nitrogen and oxygen atoms in total. The maximum absolute atomic E-state index is 11.7. The van der Waals surface area contributed by atoms with Crippen molar-refractivity contribution in [3.63, 3.8) is 0 Å². The number of piperazine rings is 1. The van der Waals surface area contributed by atoms with Gasteiger partial charge in [-0.2, -0.15) is 0 Å². The van der Waals surface area contributed by atoms with Gasteiger partial charge in [0.1, 0.15) is 0 Å². The molecular formula is C12H13Cl2N3OS. The number of thiophene rings is 1. The second-order valence-electron chi connectivity index (χ2n) is 4.22. The minimum absolute atomic E-state index is 0. The van der Waals surface area contributed by atoms with Crippen molar-refractivity contribution < 1.29 is 4.79 Å². The van der Waals surface area contributed by atoms with Crippen LogP contribution >= 0.6 is 35.3 Å². The maximum Gasteiger partial charge on any atom is 0.237 e. The molecule has 0 bridgehead atoms. The van der Waals surface area contributed by atoms with Crippen molar-refractivity contribution in [3.05, 3.63) is 28.2 Å². The number of amides is 1. The first kappa shape index (κ1) is 14.5. The molecule has 3 heterocycles. The van der Waals surface area contributed by atoms with Crippen LogP contribution in [-0.2, 0) is 11.2 Å². The number of hydrogen-bond donors (Lipinski definition) is 2. The fourth-order valence-electron chi connectivity index (χ4n) is 2.07. The zero-order valence-electron chi connectivity index (χ0n) is 9.98. The molecule has 0 aromatic carbocycles. The fourth-order valence-corrected chi connectivity index (χ4v) is 3.40. The Bertz CT molecular complexity index is 602. The summed E-state index contributed by atoms with van der Waals surface area (Å²) in [5.74, 6) is 0.0674. The molecule has 102 valence electrons. The van der Waals surface area contributed by atoms with E-state index in [1.165, 1.54) is 0 Å². The lowest BCUT2D eigenvalue weighted by Crippen LogP contribution is -2.53. The fraction of sp³-hybridized carbons (Fsp3) is 0.333. The van der Waals surface area contributed by atoms with Gasteiger partial charge in [-0.3, -0.25) is 9.78 Å². The van der Waals surface area contributed by atoms with Crippen LogP contribution in [0, 0.1) is 0 Å². The third kappa shape index (κ3) is 3.00. The molecule has 2 aromatic heterocycles. The molecule has 19 heavy (non-hydrogen) atoms. The molecule has 1 atom stereocenters. The molecular weight excluding hydrogens is 305 g/mol. The molecule has 3 rings (SSSR count). The van der Waals surface area contributed by atoms with Gasteiger partial charge in [-0.05, 0) is 12.1 Å². The second-order valence-corrected chi connectivity index (χ2v) is 5.77. The maximum atomic E-state index is 11.7. The van der Waals surface area contributed by atoms with E-state index in [2.05, 4.69) is 15.6 Å². The summed E-state index contributed by atoms with van der Waals surface area (Å²) in [5, 5.41) is 6.80. The van der Waals surface area contributed by atoms with Crippen LogP contribution in [0.1, 0.15) is 4.88 Å². The summed E-state index contributed by atoms with van der Waals surface area (Å²) in [4.78, 5) is 17.1. The van der Waals surface area contributed by atoms with Crippen molar-refractivity contribution in [2.24, 2.45) is 0 Å². The molecule has 2 N–H and O–H groups in total. The van der Waals surface area contributed by atoms with E-state index in [9.17, 15) is 4.79 Å². The Hall–Kier alpha value is -0.880. The Kier molecular flexibility index (Phi) is 4.62. The highest BCUT2D eigenvalue weighted by molar-refractivity contribution is 7.19. The first-order chi connectivity index (χ1) is 8.74. The number of pyridine rings is 1. The zero-order valence-corrected chi connectivity index (χ0v) is 12.4. The highest BCUT2D eigenvalue weighted by atomic mass is 35.5. The Morgan fingerprint density at radius 2 is 2.32 bits per heavy atom. The van der Waals surface area contributed by atoms with E-state index in [-0.39, 0.29) is 24.4 Å². The SMILES string of the molecule is Cl.O=C1NCCNC1Cc1cc2nccc(Cl)c2s1. The van der Waals surface area contributed by atoms with Crippen LogP contribution < -0.4 is 10.6 Å². The molecule has 1 amide bonds. The van der Waals surface area contributed by atoms with Crippen molar-refractivity contribution in [3.8, 4) is 0 Å². The predicted octanol–water partition coefficient (Wildman–Crippen LogP) is 2.00. The third-order valence-corrected chi connectivity index (χ3v) is 4.56. The lowest BCUT2D eigenvalue weighted by atomic mass is 10.1. The van der Waals surface area contributed by atoms with Crippen LogP contribution in [0.4, 0.5) is 0 Å². The lowest BCUT2D eigenvalue weighted by molar-refractivity contribution is -0.124. The number of aromatic nitrogens is 1. The van der Waals surface area contributed by atoms with E-state index in [0.29, 0.717) is 13.0 Å². The van der Waals surface area contributed by atoms with Crippen LogP contribution in [0.2, 0.25) is 5.02 Å². The zero-order chi connectivity index (χ0) is 12.5. The quantitative estimate of drug-likeness (QED) is 0.890. The van der Waals surface area contributed by atoms with E-state index in [4.69, 9.17) is 11.6 Å². The molecule has 7 heteroatoms. The lowest BCUT2D eigenvalue weighted by Gasteiger charge is -2.22. The van der Waals surface area contributed by atoms with Crippen LogP contribution in [-0.4, -0.2) is 30.0 Å². The Morgan fingerprint density at radius 1 is 1.47 bits per heavy atom. The van der Waals surface area contributed by atoms with Gasteiger partial charge in [-0.25, -0.2) is 0 Å². The monoisotopic (exact) mass is 317 g/mol. The molecule has 1 aliphatic heterocycles. The van der Waals surface area contributed by atoms with Crippen molar-refractivity contribution >= 4 is 51.5 Å². The summed E-state index contributed by atoms with van der Waals surface area (Å²) < 4.78 is 0.991. The van der Waals surface area contributed by atoms with Gasteiger partial charge in [0.15, 0.2) is 0 Å². The number of halogens is 2. The van der Waals surface area contributed by atoms with Crippen LogP contribution in [0.15, 0.2) is 18.3 Å². The van der Waals surface area contributed by atoms with Gasteiger partial charge in [-0.1, -0.05) is 11.6 Å². The van der Waals surface area contributed by atoms with Crippen molar-refractivity contribution in [2.45, 2.75) is 12.5 Å². The van der Waals surface area contributed by atoms with E-state index < -0.39 is 0 Å². The number of nitrogens with zero attached hydrogens (tertiary/aromatic N) is 1. The van der Waals surface area contributed by atoms with Gasteiger partial charge >= 0.3 is 0 Å². The average molecular weight is 318 g/mol. The second kappa shape index (κ2) is 6.05. The number of carbonyl (C=O) groups excluding carboxylic acids is 1. The van der Waals surface area contributed by atoms with Crippen molar-refractivity contribution in [1.29, 1.82) is 0 Å². The minimum Gasteiger partial charge on any atom is -0.353 e. The van der Waals surface area contributed by atoms with E-state index in [1.807, 2.05) is 6.07 Å². The predicted molar refractivity (Wildman–Crippen MR) is 80.4 cm³/mol. The average Bonchev–Trinajstić information content (AvgIpc) is 2.76. The largest absolute Gasteiger partial charge is 0.353 e. The summed E-state index contributed by atoms with van der Waals surface area (Å²) in [6.07, 6.45) is 2.38.